The van der Waals surface area contributed by atoms with Crippen LogP contribution in [0, 0.1) is 5.82 Å². The number of methoxy groups -OCH3 is 1. The second kappa shape index (κ2) is 8.59. The fourth-order valence-corrected chi connectivity index (χ4v) is 3.84. The first-order chi connectivity index (χ1) is 14.5. The van der Waals surface area contributed by atoms with E-state index < -0.39 is 6.04 Å². The van der Waals surface area contributed by atoms with E-state index in [-0.39, 0.29) is 23.7 Å². The second-order valence-corrected chi connectivity index (χ2v) is 7.39. The molecule has 0 aliphatic carbocycles. The standard InChI is InChI=1S/C23H22FN3O3/c1-30-23(29)21-12-18(14-27(21)13-15-6-9-17(24)10-7-15)25-22(28)20-11-8-16-4-2-3-5-19(16)26-20/h2-11,18,21H,12-14H2,1H3,(H,25,28)/t18-,21+/m1/s1. The number of amides is 1. The molecule has 1 aliphatic heterocycles. The molecule has 30 heavy (non-hydrogen) atoms. The summed E-state index contributed by atoms with van der Waals surface area (Å²) in [6, 6.07) is 16.6. The fourth-order valence-electron chi connectivity index (χ4n) is 3.84. The zero-order valence-corrected chi connectivity index (χ0v) is 16.5. The number of hydrogen-bond donors (Lipinski definition) is 1. The highest BCUT2D eigenvalue weighted by molar-refractivity contribution is 5.95. The van der Waals surface area contributed by atoms with Gasteiger partial charge in [0.1, 0.15) is 17.6 Å². The summed E-state index contributed by atoms with van der Waals surface area (Å²) < 4.78 is 18.1. The van der Waals surface area contributed by atoms with Crippen molar-refractivity contribution in [2.24, 2.45) is 0 Å². The van der Waals surface area contributed by atoms with Crippen LogP contribution in [0.5, 0.6) is 0 Å². The number of rotatable bonds is 5. The average Bonchev–Trinajstić information content (AvgIpc) is 3.16. The van der Waals surface area contributed by atoms with Gasteiger partial charge in [-0.2, -0.15) is 0 Å². The molecule has 154 valence electrons. The van der Waals surface area contributed by atoms with Crippen molar-refractivity contribution in [1.82, 2.24) is 15.2 Å². The number of benzene rings is 2. The summed E-state index contributed by atoms with van der Waals surface area (Å²) in [5.41, 5.74) is 1.97. The summed E-state index contributed by atoms with van der Waals surface area (Å²) in [4.78, 5) is 31.4. The van der Waals surface area contributed by atoms with Crippen LogP contribution >= 0.6 is 0 Å². The number of carbonyl (C=O) groups is 2. The Labute approximate surface area is 173 Å². The molecule has 1 amide bonds. The van der Waals surface area contributed by atoms with E-state index >= 15 is 0 Å². The van der Waals surface area contributed by atoms with Crippen LogP contribution < -0.4 is 5.32 Å². The van der Waals surface area contributed by atoms with Crippen molar-refractivity contribution in [3.63, 3.8) is 0 Å². The lowest BCUT2D eigenvalue weighted by atomic mass is 10.1. The van der Waals surface area contributed by atoms with Gasteiger partial charge in [0.15, 0.2) is 0 Å². The molecule has 1 aromatic heterocycles. The summed E-state index contributed by atoms with van der Waals surface area (Å²) in [5, 5.41) is 3.95. The Kier molecular flexibility index (Phi) is 5.72. The van der Waals surface area contributed by atoms with E-state index in [2.05, 4.69) is 10.3 Å². The Morgan fingerprint density at radius 2 is 1.90 bits per heavy atom. The topological polar surface area (TPSA) is 71.5 Å². The first-order valence-corrected chi connectivity index (χ1v) is 9.76. The second-order valence-electron chi connectivity index (χ2n) is 7.39. The summed E-state index contributed by atoms with van der Waals surface area (Å²) in [6.07, 6.45) is 0.438. The van der Waals surface area contributed by atoms with Gasteiger partial charge in [0.05, 0.1) is 12.6 Å². The van der Waals surface area contributed by atoms with Gasteiger partial charge in [0.2, 0.25) is 0 Å². The van der Waals surface area contributed by atoms with Gasteiger partial charge in [0, 0.05) is 24.5 Å². The number of para-hydroxylation sites is 1. The number of aromatic nitrogens is 1. The molecule has 2 atom stereocenters. The Morgan fingerprint density at radius 3 is 2.67 bits per heavy atom. The lowest BCUT2D eigenvalue weighted by Crippen LogP contribution is -2.38. The quantitative estimate of drug-likeness (QED) is 0.659. The number of likely N-dealkylation sites (tertiary alicyclic amines) is 1. The number of fused-ring (bicyclic) bond motifs is 1. The van der Waals surface area contributed by atoms with Gasteiger partial charge >= 0.3 is 5.97 Å². The minimum absolute atomic E-state index is 0.227. The number of nitrogens with zero attached hydrogens (tertiary/aromatic N) is 2. The predicted octanol–water partition coefficient (Wildman–Crippen LogP) is 2.92. The van der Waals surface area contributed by atoms with E-state index in [0.29, 0.717) is 25.2 Å². The predicted molar refractivity (Wildman–Crippen MR) is 110 cm³/mol. The highest BCUT2D eigenvalue weighted by atomic mass is 19.1. The van der Waals surface area contributed by atoms with E-state index in [1.807, 2.05) is 35.2 Å². The maximum absolute atomic E-state index is 13.2. The van der Waals surface area contributed by atoms with Crippen molar-refractivity contribution in [3.05, 3.63) is 77.7 Å². The molecule has 1 saturated heterocycles. The molecule has 0 spiro atoms. The van der Waals surface area contributed by atoms with Crippen LogP contribution in [0.3, 0.4) is 0 Å². The van der Waals surface area contributed by atoms with E-state index in [1.54, 1.807) is 18.2 Å². The Balaban J connectivity index is 1.47. The minimum Gasteiger partial charge on any atom is -0.468 e. The number of pyridine rings is 1. The summed E-state index contributed by atoms with van der Waals surface area (Å²) in [7, 11) is 1.35. The van der Waals surface area contributed by atoms with Gasteiger partial charge in [-0.15, -0.1) is 0 Å². The first kappa shape index (κ1) is 20.0. The Bertz CT molecular complexity index is 1070. The molecule has 6 nitrogen and oxygen atoms in total. The number of esters is 1. The number of hydrogen-bond acceptors (Lipinski definition) is 5. The maximum atomic E-state index is 13.2. The van der Waals surface area contributed by atoms with Crippen LogP contribution in [0.25, 0.3) is 10.9 Å². The van der Waals surface area contributed by atoms with Crippen molar-refractivity contribution in [3.8, 4) is 0 Å². The monoisotopic (exact) mass is 407 g/mol. The van der Waals surface area contributed by atoms with Crippen molar-refractivity contribution in [2.45, 2.75) is 25.0 Å². The number of halogens is 1. The van der Waals surface area contributed by atoms with E-state index in [9.17, 15) is 14.0 Å². The molecule has 0 bridgehead atoms. The van der Waals surface area contributed by atoms with Crippen LogP contribution in [0.15, 0.2) is 60.7 Å². The van der Waals surface area contributed by atoms with Gasteiger partial charge in [-0.1, -0.05) is 36.4 Å². The third-order valence-corrected chi connectivity index (χ3v) is 5.34. The molecule has 4 rings (SSSR count). The third-order valence-electron chi connectivity index (χ3n) is 5.34. The van der Waals surface area contributed by atoms with Gasteiger partial charge in [-0.3, -0.25) is 14.5 Å². The number of ether oxygens (including phenoxy) is 1. The lowest BCUT2D eigenvalue weighted by Gasteiger charge is -2.22. The van der Waals surface area contributed by atoms with Crippen molar-refractivity contribution in [2.75, 3.05) is 13.7 Å². The molecule has 0 radical (unpaired) electrons. The first-order valence-electron chi connectivity index (χ1n) is 9.76. The fraction of sp³-hybridized carbons (Fsp3) is 0.261. The Hall–Kier alpha value is -3.32. The molecule has 2 aromatic carbocycles. The molecule has 3 aromatic rings. The largest absolute Gasteiger partial charge is 0.468 e. The van der Waals surface area contributed by atoms with Crippen LogP contribution in [0.4, 0.5) is 4.39 Å². The third kappa shape index (κ3) is 4.31. The van der Waals surface area contributed by atoms with E-state index in [4.69, 9.17) is 4.74 Å². The van der Waals surface area contributed by atoms with Crippen molar-refractivity contribution < 1.29 is 18.7 Å². The average molecular weight is 407 g/mol. The SMILES string of the molecule is COC(=O)[C@@H]1C[C@@H](NC(=O)c2ccc3ccccc3n2)CN1Cc1ccc(F)cc1. The van der Waals surface area contributed by atoms with Crippen LogP contribution in [-0.4, -0.2) is 47.5 Å². The minimum atomic E-state index is -0.477. The van der Waals surface area contributed by atoms with Crippen molar-refractivity contribution >= 4 is 22.8 Å². The summed E-state index contributed by atoms with van der Waals surface area (Å²) in [5.74, 6) is -0.937. The maximum Gasteiger partial charge on any atom is 0.323 e. The molecule has 1 aliphatic rings. The highest BCUT2D eigenvalue weighted by Gasteiger charge is 2.38. The summed E-state index contributed by atoms with van der Waals surface area (Å²) >= 11 is 0. The Morgan fingerprint density at radius 1 is 1.13 bits per heavy atom. The summed E-state index contributed by atoms with van der Waals surface area (Å²) in [6.45, 7) is 0.942. The van der Waals surface area contributed by atoms with Crippen LogP contribution in [-0.2, 0) is 16.1 Å². The lowest BCUT2D eigenvalue weighted by molar-refractivity contribution is -0.146. The van der Waals surface area contributed by atoms with E-state index in [0.717, 1.165) is 16.5 Å². The van der Waals surface area contributed by atoms with E-state index in [1.165, 1.54) is 19.2 Å². The van der Waals surface area contributed by atoms with Gasteiger partial charge < -0.3 is 10.1 Å². The molecular weight excluding hydrogens is 385 g/mol. The normalized spacial score (nSPS) is 19.0. The molecule has 0 saturated carbocycles. The van der Waals surface area contributed by atoms with Gasteiger partial charge in [0.25, 0.3) is 5.91 Å². The number of carbonyl (C=O) groups excluding carboxylic acids is 2. The zero-order chi connectivity index (χ0) is 21.1. The highest BCUT2D eigenvalue weighted by Crippen LogP contribution is 2.22. The van der Waals surface area contributed by atoms with Crippen LogP contribution in [0.2, 0.25) is 0 Å². The zero-order valence-electron chi connectivity index (χ0n) is 16.5. The van der Waals surface area contributed by atoms with Gasteiger partial charge in [-0.05, 0) is 36.2 Å². The smallest absolute Gasteiger partial charge is 0.323 e. The molecule has 2 heterocycles. The van der Waals surface area contributed by atoms with Gasteiger partial charge in [-0.25, -0.2) is 9.37 Å². The van der Waals surface area contributed by atoms with Crippen molar-refractivity contribution in [1.29, 1.82) is 0 Å². The molecular formula is C23H22FN3O3. The molecule has 1 fully saturated rings. The molecule has 0 unspecified atom stereocenters. The molecule has 7 heteroatoms. The molecule has 1 N–H and O–H groups in total. The van der Waals surface area contributed by atoms with Crippen LogP contribution in [0.1, 0.15) is 22.5 Å². The number of nitrogens with one attached hydrogen (secondary N) is 1.